The average Bonchev–Trinajstić information content (AvgIpc) is 1.97. The minimum absolute atomic E-state index is 0.00494. The molecule has 1 aromatic rings. The van der Waals surface area contributed by atoms with Gasteiger partial charge in [-0.25, -0.2) is 0 Å². The summed E-state index contributed by atoms with van der Waals surface area (Å²) in [4.78, 5) is 0. The van der Waals surface area contributed by atoms with Crippen molar-refractivity contribution in [3.05, 3.63) is 27.2 Å². The van der Waals surface area contributed by atoms with Gasteiger partial charge in [0.15, 0.2) is 0 Å². The van der Waals surface area contributed by atoms with Crippen LogP contribution in [0.3, 0.4) is 0 Å². The molecule has 4 heteroatoms. The van der Waals surface area contributed by atoms with Crippen molar-refractivity contribution in [1.82, 2.24) is 0 Å². The molecule has 0 aromatic heterocycles. The molecule has 72 valence electrons. The monoisotopic (exact) mass is 264 g/mol. The molecule has 0 amide bonds. The quantitative estimate of drug-likeness (QED) is 0.819. The molecule has 0 saturated heterocycles. The van der Waals surface area contributed by atoms with Gasteiger partial charge in [-0.3, -0.25) is 0 Å². The summed E-state index contributed by atoms with van der Waals surface area (Å²) in [6.45, 7) is 3.31. The number of benzene rings is 1. The van der Waals surface area contributed by atoms with Crippen molar-refractivity contribution in [3.8, 4) is 5.75 Å². The van der Waals surface area contributed by atoms with Crippen LogP contribution < -0.4 is 0 Å². The van der Waals surface area contributed by atoms with Crippen LogP contribution in [-0.2, 0) is 5.60 Å². The summed E-state index contributed by atoms with van der Waals surface area (Å²) in [6.07, 6.45) is 0. The number of phenols is 1. The van der Waals surface area contributed by atoms with E-state index in [0.29, 0.717) is 10.0 Å². The molecule has 13 heavy (non-hydrogen) atoms. The van der Waals surface area contributed by atoms with E-state index in [1.807, 2.05) is 0 Å². The van der Waals surface area contributed by atoms with Crippen LogP contribution in [0.2, 0.25) is 5.02 Å². The van der Waals surface area contributed by atoms with Crippen molar-refractivity contribution in [2.24, 2.45) is 0 Å². The smallest absolute Gasteiger partial charge is 0.148 e. The molecule has 0 unspecified atom stereocenters. The number of rotatable bonds is 1. The van der Waals surface area contributed by atoms with Crippen molar-refractivity contribution < 1.29 is 10.2 Å². The largest absolute Gasteiger partial charge is 0.505 e. The van der Waals surface area contributed by atoms with Crippen LogP contribution in [0.25, 0.3) is 0 Å². The second-order valence-electron chi connectivity index (χ2n) is 3.35. The highest BCUT2D eigenvalue weighted by Gasteiger charge is 2.18. The molecule has 0 heterocycles. The third-order valence-corrected chi connectivity index (χ3v) is 2.62. The van der Waals surface area contributed by atoms with E-state index in [1.54, 1.807) is 26.0 Å². The topological polar surface area (TPSA) is 40.5 Å². The molecule has 0 aliphatic rings. The van der Waals surface area contributed by atoms with Crippen molar-refractivity contribution in [1.29, 1.82) is 0 Å². The molecule has 0 bridgehead atoms. The second kappa shape index (κ2) is 3.48. The predicted molar refractivity (Wildman–Crippen MR) is 56.1 cm³/mol. The maximum absolute atomic E-state index is 9.67. The summed E-state index contributed by atoms with van der Waals surface area (Å²) in [5.41, 5.74) is -0.304. The Labute approximate surface area is 90.3 Å². The standard InChI is InChI=1S/C9H10BrClO2/c1-9(2,13)5-3-6(10)8(12)7(11)4-5/h3-4,12-13H,1-2H3. The Bertz CT molecular complexity index is 308. The Morgan fingerprint density at radius 3 is 2.31 bits per heavy atom. The highest BCUT2D eigenvalue weighted by atomic mass is 79.9. The minimum atomic E-state index is -0.958. The van der Waals surface area contributed by atoms with Gasteiger partial charge in [0.05, 0.1) is 15.1 Å². The summed E-state index contributed by atoms with van der Waals surface area (Å²) in [7, 11) is 0. The van der Waals surface area contributed by atoms with E-state index < -0.39 is 5.60 Å². The van der Waals surface area contributed by atoms with Gasteiger partial charge in [0.25, 0.3) is 0 Å². The summed E-state index contributed by atoms with van der Waals surface area (Å²) in [6, 6.07) is 3.18. The Kier molecular flexibility index (Phi) is 2.90. The fourth-order valence-electron chi connectivity index (χ4n) is 0.919. The fourth-order valence-corrected chi connectivity index (χ4v) is 1.71. The Morgan fingerprint density at radius 1 is 1.38 bits per heavy atom. The van der Waals surface area contributed by atoms with Crippen LogP contribution in [0.5, 0.6) is 5.75 Å². The molecule has 0 spiro atoms. The first-order valence-electron chi connectivity index (χ1n) is 3.73. The van der Waals surface area contributed by atoms with Gasteiger partial charge in [-0.1, -0.05) is 11.6 Å². The number of aliphatic hydroxyl groups is 1. The summed E-state index contributed by atoms with van der Waals surface area (Å²) >= 11 is 8.88. The van der Waals surface area contributed by atoms with Gasteiger partial charge in [0.1, 0.15) is 5.75 Å². The SMILES string of the molecule is CC(C)(O)c1cc(Cl)c(O)c(Br)c1. The normalized spacial score (nSPS) is 11.8. The number of hydrogen-bond acceptors (Lipinski definition) is 2. The van der Waals surface area contributed by atoms with Gasteiger partial charge >= 0.3 is 0 Å². The summed E-state index contributed by atoms with van der Waals surface area (Å²) in [5.74, 6) is -0.00494. The first-order chi connectivity index (χ1) is 5.82. The molecule has 1 rings (SSSR count). The van der Waals surface area contributed by atoms with Gasteiger partial charge in [-0.2, -0.15) is 0 Å². The molecule has 0 radical (unpaired) electrons. The van der Waals surface area contributed by atoms with Crippen molar-refractivity contribution in [3.63, 3.8) is 0 Å². The molecule has 1 aromatic carbocycles. The molecule has 0 aliphatic carbocycles. The molecule has 2 nitrogen and oxygen atoms in total. The van der Waals surface area contributed by atoms with E-state index in [2.05, 4.69) is 15.9 Å². The minimum Gasteiger partial charge on any atom is -0.505 e. The van der Waals surface area contributed by atoms with Crippen LogP contribution in [0.4, 0.5) is 0 Å². The number of aromatic hydroxyl groups is 1. The lowest BCUT2D eigenvalue weighted by Crippen LogP contribution is -2.15. The highest BCUT2D eigenvalue weighted by Crippen LogP contribution is 2.36. The zero-order chi connectivity index (χ0) is 10.2. The lowest BCUT2D eigenvalue weighted by molar-refractivity contribution is 0.0785. The van der Waals surface area contributed by atoms with Crippen LogP contribution in [-0.4, -0.2) is 10.2 Å². The maximum atomic E-state index is 9.67. The van der Waals surface area contributed by atoms with Crippen molar-refractivity contribution in [2.45, 2.75) is 19.4 Å². The number of hydrogen-bond donors (Lipinski definition) is 2. The van der Waals surface area contributed by atoms with E-state index in [9.17, 15) is 10.2 Å². The van der Waals surface area contributed by atoms with E-state index >= 15 is 0 Å². The Hall–Kier alpha value is -0.250. The first kappa shape index (κ1) is 10.8. The van der Waals surface area contributed by atoms with Gasteiger partial charge < -0.3 is 10.2 Å². The third-order valence-electron chi connectivity index (χ3n) is 1.72. The van der Waals surface area contributed by atoms with E-state index in [4.69, 9.17) is 11.6 Å². The molecule has 2 N–H and O–H groups in total. The van der Waals surface area contributed by atoms with Crippen LogP contribution in [0.15, 0.2) is 16.6 Å². The zero-order valence-electron chi connectivity index (χ0n) is 7.31. The van der Waals surface area contributed by atoms with Crippen LogP contribution in [0, 0.1) is 0 Å². The third kappa shape index (κ3) is 2.36. The Morgan fingerprint density at radius 2 is 1.92 bits per heavy atom. The molecular formula is C9H10BrClO2. The molecule has 0 fully saturated rings. The number of phenolic OH excluding ortho intramolecular Hbond substituents is 1. The highest BCUT2D eigenvalue weighted by molar-refractivity contribution is 9.10. The van der Waals surface area contributed by atoms with Crippen LogP contribution in [0.1, 0.15) is 19.4 Å². The fraction of sp³-hybridized carbons (Fsp3) is 0.333. The molecular weight excluding hydrogens is 255 g/mol. The lowest BCUT2D eigenvalue weighted by atomic mass is 9.98. The second-order valence-corrected chi connectivity index (χ2v) is 4.61. The first-order valence-corrected chi connectivity index (χ1v) is 4.90. The van der Waals surface area contributed by atoms with Crippen molar-refractivity contribution >= 4 is 27.5 Å². The van der Waals surface area contributed by atoms with Gasteiger partial charge in [-0.15, -0.1) is 0 Å². The molecule has 0 saturated carbocycles. The van der Waals surface area contributed by atoms with E-state index in [0.717, 1.165) is 0 Å². The van der Waals surface area contributed by atoms with E-state index in [-0.39, 0.29) is 10.8 Å². The maximum Gasteiger partial charge on any atom is 0.148 e. The molecule has 0 aliphatic heterocycles. The molecule has 0 atom stereocenters. The van der Waals surface area contributed by atoms with E-state index in [1.165, 1.54) is 0 Å². The number of halogens is 2. The van der Waals surface area contributed by atoms with Crippen molar-refractivity contribution in [2.75, 3.05) is 0 Å². The Balaban J connectivity index is 3.29. The summed E-state index contributed by atoms with van der Waals surface area (Å²) < 4.78 is 0.483. The lowest BCUT2D eigenvalue weighted by Gasteiger charge is -2.18. The zero-order valence-corrected chi connectivity index (χ0v) is 9.65. The summed E-state index contributed by atoms with van der Waals surface area (Å²) in [5, 5.41) is 19.2. The van der Waals surface area contributed by atoms with Gasteiger partial charge in [0.2, 0.25) is 0 Å². The van der Waals surface area contributed by atoms with Gasteiger partial charge in [-0.05, 0) is 47.5 Å². The predicted octanol–water partition coefficient (Wildman–Crippen LogP) is 3.04. The van der Waals surface area contributed by atoms with Crippen LogP contribution >= 0.6 is 27.5 Å². The van der Waals surface area contributed by atoms with Gasteiger partial charge in [0, 0.05) is 0 Å². The average molecular weight is 266 g/mol.